The van der Waals surface area contributed by atoms with E-state index in [4.69, 9.17) is 0 Å². The topological polar surface area (TPSA) is 93.1 Å². The molecule has 0 radical (unpaired) electrons. The normalized spacial score (nSPS) is 19.4. The molecule has 0 aliphatic carbocycles. The molecule has 8 heteroatoms. The van der Waals surface area contributed by atoms with Crippen LogP contribution >= 0.6 is 0 Å². The molecule has 1 atom stereocenters. The molecule has 1 fully saturated rings. The van der Waals surface area contributed by atoms with Gasteiger partial charge in [-0.15, -0.1) is 0 Å². The Morgan fingerprint density at radius 3 is 2.74 bits per heavy atom. The third-order valence-corrected chi connectivity index (χ3v) is 5.41. The van der Waals surface area contributed by atoms with E-state index in [9.17, 15) is 13.2 Å². The summed E-state index contributed by atoms with van der Waals surface area (Å²) in [4.78, 5) is 11.9. The number of hydrogen-bond donors (Lipinski definition) is 2. The van der Waals surface area contributed by atoms with Crippen LogP contribution in [-0.4, -0.2) is 41.8 Å². The number of rotatable bonds is 4. The molecule has 0 saturated carbocycles. The Bertz CT molecular complexity index is 786. The summed E-state index contributed by atoms with van der Waals surface area (Å²) in [6, 6.07) is 10.8. The molecule has 0 spiro atoms. The molecule has 2 amide bonds. The molecule has 3 rings (SSSR count). The molecule has 7 nitrogen and oxygen atoms in total. The summed E-state index contributed by atoms with van der Waals surface area (Å²) >= 11 is 0. The monoisotopic (exact) mass is 334 g/mol. The minimum Gasteiger partial charge on any atom is -0.334 e. The second-order valence-corrected chi connectivity index (χ2v) is 7.81. The maximum atomic E-state index is 11.9. The Labute approximate surface area is 134 Å². The van der Waals surface area contributed by atoms with Crippen molar-refractivity contribution < 1.29 is 13.2 Å². The maximum absolute atomic E-state index is 11.9. The molecule has 2 N–H and O–H groups in total. The van der Waals surface area contributed by atoms with E-state index in [1.165, 1.54) is 0 Å². The van der Waals surface area contributed by atoms with Gasteiger partial charge in [0.05, 0.1) is 18.1 Å². The molecule has 2 heterocycles. The van der Waals surface area contributed by atoms with Crippen molar-refractivity contribution in [2.75, 3.05) is 16.8 Å². The predicted molar refractivity (Wildman–Crippen MR) is 87.0 cm³/mol. The number of carbonyl (C=O) groups excluding carboxylic acids is 1. The van der Waals surface area contributed by atoms with E-state index in [0.29, 0.717) is 18.8 Å². The number of amides is 2. The second kappa shape index (κ2) is 6.41. The highest BCUT2D eigenvalue weighted by atomic mass is 32.2. The fourth-order valence-electron chi connectivity index (χ4n) is 2.53. The van der Waals surface area contributed by atoms with Crippen molar-refractivity contribution in [2.24, 2.45) is 0 Å². The van der Waals surface area contributed by atoms with Crippen LogP contribution in [0, 0.1) is 0 Å². The summed E-state index contributed by atoms with van der Waals surface area (Å²) in [7, 11) is -3.01. The fourth-order valence-corrected chi connectivity index (χ4v) is 4.21. The number of sulfone groups is 1. The SMILES string of the molecule is O=C(Nc1ccn(Cc2ccccc2)n1)NC1CCS(=O)(=O)C1. The Balaban J connectivity index is 1.53. The lowest BCUT2D eigenvalue weighted by Crippen LogP contribution is -2.38. The molecular formula is C15H18N4O3S. The van der Waals surface area contributed by atoms with E-state index in [1.54, 1.807) is 16.9 Å². The van der Waals surface area contributed by atoms with E-state index in [-0.39, 0.29) is 17.5 Å². The number of aromatic nitrogens is 2. The number of nitrogens with zero attached hydrogens (tertiary/aromatic N) is 2. The highest BCUT2D eigenvalue weighted by Crippen LogP contribution is 2.12. The average Bonchev–Trinajstić information content (AvgIpc) is 3.06. The molecule has 1 saturated heterocycles. The van der Waals surface area contributed by atoms with E-state index in [0.717, 1.165) is 5.56 Å². The molecule has 1 aromatic heterocycles. The van der Waals surface area contributed by atoms with Gasteiger partial charge in [-0.2, -0.15) is 5.10 Å². The third-order valence-electron chi connectivity index (χ3n) is 3.64. The summed E-state index contributed by atoms with van der Waals surface area (Å²) in [6.07, 6.45) is 2.24. The van der Waals surface area contributed by atoms with Crippen LogP contribution in [0.5, 0.6) is 0 Å². The first kappa shape index (κ1) is 15.5. The third kappa shape index (κ3) is 4.32. The van der Waals surface area contributed by atoms with Crippen molar-refractivity contribution in [3.63, 3.8) is 0 Å². The first-order valence-corrected chi connectivity index (χ1v) is 9.18. The Morgan fingerprint density at radius 2 is 2.04 bits per heavy atom. The van der Waals surface area contributed by atoms with Gasteiger partial charge in [0.25, 0.3) is 0 Å². The van der Waals surface area contributed by atoms with E-state index in [1.807, 2.05) is 30.3 Å². The van der Waals surface area contributed by atoms with Crippen molar-refractivity contribution in [1.29, 1.82) is 0 Å². The molecule has 0 bridgehead atoms. The first-order chi connectivity index (χ1) is 11.0. The van der Waals surface area contributed by atoms with Crippen molar-refractivity contribution >= 4 is 21.7 Å². The van der Waals surface area contributed by atoms with Crippen LogP contribution in [0.3, 0.4) is 0 Å². The van der Waals surface area contributed by atoms with Gasteiger partial charge in [0, 0.05) is 18.3 Å². The van der Waals surface area contributed by atoms with E-state index in [2.05, 4.69) is 15.7 Å². The summed E-state index contributed by atoms with van der Waals surface area (Å²) in [5, 5.41) is 9.56. The Hall–Kier alpha value is -2.35. The average molecular weight is 334 g/mol. The van der Waals surface area contributed by atoms with Gasteiger partial charge in [0.15, 0.2) is 15.7 Å². The van der Waals surface area contributed by atoms with E-state index >= 15 is 0 Å². The lowest BCUT2D eigenvalue weighted by atomic mass is 10.2. The smallest absolute Gasteiger partial charge is 0.320 e. The molecule has 1 aromatic carbocycles. The van der Waals surface area contributed by atoms with Crippen LogP contribution in [0.1, 0.15) is 12.0 Å². The van der Waals surface area contributed by atoms with Gasteiger partial charge in [-0.1, -0.05) is 30.3 Å². The van der Waals surface area contributed by atoms with Crippen molar-refractivity contribution in [2.45, 2.75) is 19.0 Å². The largest absolute Gasteiger partial charge is 0.334 e. The Morgan fingerprint density at radius 1 is 1.26 bits per heavy atom. The van der Waals surface area contributed by atoms with Crippen LogP contribution in [0.15, 0.2) is 42.6 Å². The van der Waals surface area contributed by atoms with Gasteiger partial charge in [-0.25, -0.2) is 13.2 Å². The minimum atomic E-state index is -3.01. The summed E-state index contributed by atoms with van der Waals surface area (Å²) in [6.45, 7) is 0.616. The maximum Gasteiger partial charge on any atom is 0.320 e. The van der Waals surface area contributed by atoms with Gasteiger partial charge < -0.3 is 5.32 Å². The molecular weight excluding hydrogens is 316 g/mol. The predicted octanol–water partition coefficient (Wildman–Crippen LogP) is 1.24. The molecule has 1 unspecified atom stereocenters. The fraction of sp³-hybridized carbons (Fsp3) is 0.333. The zero-order valence-corrected chi connectivity index (χ0v) is 13.3. The van der Waals surface area contributed by atoms with Crippen LogP contribution in [0.25, 0.3) is 0 Å². The number of hydrogen-bond acceptors (Lipinski definition) is 4. The highest BCUT2D eigenvalue weighted by Gasteiger charge is 2.28. The molecule has 23 heavy (non-hydrogen) atoms. The van der Waals surface area contributed by atoms with Gasteiger partial charge >= 0.3 is 6.03 Å². The van der Waals surface area contributed by atoms with Crippen LogP contribution < -0.4 is 10.6 Å². The Kier molecular flexibility index (Phi) is 4.33. The highest BCUT2D eigenvalue weighted by molar-refractivity contribution is 7.91. The summed E-state index contributed by atoms with van der Waals surface area (Å²) in [5.41, 5.74) is 1.11. The number of nitrogens with one attached hydrogen (secondary N) is 2. The molecule has 1 aliphatic heterocycles. The van der Waals surface area contributed by atoms with Gasteiger partial charge in [0.1, 0.15) is 0 Å². The standard InChI is InChI=1S/C15H18N4O3S/c20-15(16-13-7-9-23(21,22)11-13)17-14-6-8-19(18-14)10-12-4-2-1-3-5-12/h1-6,8,13H,7,9-11H2,(H2,16,17,18,20). The lowest BCUT2D eigenvalue weighted by molar-refractivity contribution is 0.249. The van der Waals surface area contributed by atoms with Gasteiger partial charge in [-0.05, 0) is 12.0 Å². The van der Waals surface area contributed by atoms with E-state index < -0.39 is 15.9 Å². The van der Waals surface area contributed by atoms with Crippen LogP contribution in [0.4, 0.5) is 10.6 Å². The molecule has 2 aromatic rings. The summed E-state index contributed by atoms with van der Waals surface area (Å²) < 4.78 is 24.5. The second-order valence-electron chi connectivity index (χ2n) is 5.58. The van der Waals surface area contributed by atoms with Crippen LogP contribution in [-0.2, 0) is 16.4 Å². The van der Waals surface area contributed by atoms with Crippen molar-refractivity contribution in [1.82, 2.24) is 15.1 Å². The number of anilines is 1. The van der Waals surface area contributed by atoms with Gasteiger partial charge in [-0.3, -0.25) is 10.00 Å². The van der Waals surface area contributed by atoms with Crippen molar-refractivity contribution in [3.05, 3.63) is 48.2 Å². The lowest BCUT2D eigenvalue weighted by Gasteiger charge is -2.10. The first-order valence-electron chi connectivity index (χ1n) is 7.35. The zero-order valence-electron chi connectivity index (χ0n) is 12.5. The zero-order chi connectivity index (χ0) is 16.3. The minimum absolute atomic E-state index is 0.00284. The van der Waals surface area contributed by atoms with Gasteiger partial charge in [0.2, 0.25) is 0 Å². The van der Waals surface area contributed by atoms with Crippen LogP contribution in [0.2, 0.25) is 0 Å². The summed E-state index contributed by atoms with van der Waals surface area (Å²) in [5.74, 6) is 0.561. The number of urea groups is 1. The number of carbonyl (C=O) groups is 1. The molecule has 122 valence electrons. The quantitative estimate of drug-likeness (QED) is 0.880. The van der Waals surface area contributed by atoms with Crippen molar-refractivity contribution in [3.8, 4) is 0 Å². The number of benzene rings is 1. The molecule has 1 aliphatic rings.